The fourth-order valence-electron chi connectivity index (χ4n) is 1.30. The van der Waals surface area contributed by atoms with Crippen LogP contribution in [0.4, 0.5) is 0 Å². The van der Waals surface area contributed by atoms with Gasteiger partial charge in [-0.3, -0.25) is 4.79 Å². The van der Waals surface area contributed by atoms with Crippen LogP contribution in [0.2, 0.25) is 5.02 Å². The van der Waals surface area contributed by atoms with Crippen molar-refractivity contribution in [2.45, 2.75) is 13.8 Å². The third-order valence-electron chi connectivity index (χ3n) is 2.03. The molecule has 0 radical (unpaired) electrons. The van der Waals surface area contributed by atoms with E-state index in [1.54, 1.807) is 6.92 Å². The molecule has 0 aliphatic heterocycles. The Morgan fingerprint density at radius 1 is 1.57 bits per heavy atom. The number of rotatable bonds is 2. The van der Waals surface area contributed by atoms with Gasteiger partial charge >= 0.3 is 0 Å². The molecule has 4 heteroatoms. The SMILES string of the molecule is COc1cc(Cl)c(C)c(C(C)=O)c1O. The van der Waals surface area contributed by atoms with Gasteiger partial charge in [-0.15, -0.1) is 0 Å². The highest BCUT2D eigenvalue weighted by Crippen LogP contribution is 2.36. The molecule has 1 N–H and O–H groups in total. The fourth-order valence-corrected chi connectivity index (χ4v) is 1.49. The molecule has 0 aliphatic carbocycles. The molecule has 0 saturated carbocycles. The van der Waals surface area contributed by atoms with E-state index in [2.05, 4.69) is 0 Å². The van der Waals surface area contributed by atoms with Crippen molar-refractivity contribution < 1.29 is 14.6 Å². The molecular formula is C10H11ClO3. The molecule has 1 rings (SSSR count). The summed E-state index contributed by atoms with van der Waals surface area (Å²) in [7, 11) is 1.41. The standard InChI is InChI=1S/C10H11ClO3/c1-5-7(11)4-8(14-3)10(13)9(5)6(2)12/h4,13H,1-3H3. The quantitative estimate of drug-likeness (QED) is 0.770. The van der Waals surface area contributed by atoms with E-state index < -0.39 is 0 Å². The highest BCUT2D eigenvalue weighted by atomic mass is 35.5. The summed E-state index contributed by atoms with van der Waals surface area (Å²) in [5.41, 5.74) is 0.784. The monoisotopic (exact) mass is 214 g/mol. The molecule has 0 saturated heterocycles. The van der Waals surface area contributed by atoms with Gasteiger partial charge in [0.1, 0.15) is 0 Å². The summed E-state index contributed by atoms with van der Waals surface area (Å²) in [5.74, 6) is -0.173. The molecule has 0 atom stereocenters. The Bertz CT molecular complexity index is 385. The molecule has 0 bridgehead atoms. The van der Waals surface area contributed by atoms with Crippen LogP contribution >= 0.6 is 11.6 Å². The number of halogens is 1. The van der Waals surface area contributed by atoms with Crippen LogP contribution in [-0.4, -0.2) is 18.0 Å². The summed E-state index contributed by atoms with van der Waals surface area (Å²) in [6.07, 6.45) is 0. The van der Waals surface area contributed by atoms with Gasteiger partial charge in [-0.1, -0.05) is 11.6 Å². The lowest BCUT2D eigenvalue weighted by Crippen LogP contribution is -1.99. The number of phenols is 1. The van der Waals surface area contributed by atoms with E-state index in [1.807, 2.05) is 0 Å². The summed E-state index contributed by atoms with van der Waals surface area (Å²) in [6.45, 7) is 3.05. The number of Topliss-reactive ketones (excluding diaryl/α,β-unsaturated/α-hetero) is 1. The van der Waals surface area contributed by atoms with Gasteiger partial charge in [0.2, 0.25) is 0 Å². The maximum atomic E-state index is 11.2. The van der Waals surface area contributed by atoms with Crippen LogP contribution in [0, 0.1) is 6.92 Å². The van der Waals surface area contributed by atoms with Crippen molar-refractivity contribution in [3.63, 3.8) is 0 Å². The molecule has 0 amide bonds. The average molecular weight is 215 g/mol. The van der Waals surface area contributed by atoms with E-state index in [-0.39, 0.29) is 22.8 Å². The van der Waals surface area contributed by atoms with Crippen LogP contribution in [0.25, 0.3) is 0 Å². The summed E-state index contributed by atoms with van der Waals surface area (Å²) in [4.78, 5) is 11.2. The fraction of sp³-hybridized carbons (Fsp3) is 0.300. The molecular weight excluding hydrogens is 204 g/mol. The topological polar surface area (TPSA) is 46.5 Å². The third kappa shape index (κ3) is 1.68. The minimum Gasteiger partial charge on any atom is -0.504 e. The van der Waals surface area contributed by atoms with Crippen molar-refractivity contribution in [1.82, 2.24) is 0 Å². The summed E-state index contributed by atoms with van der Waals surface area (Å²) < 4.78 is 4.88. The molecule has 0 fully saturated rings. The van der Waals surface area contributed by atoms with E-state index >= 15 is 0 Å². The predicted octanol–water partition coefficient (Wildman–Crippen LogP) is 2.57. The molecule has 1 aromatic carbocycles. The summed E-state index contributed by atoms with van der Waals surface area (Å²) in [5, 5.41) is 10.1. The van der Waals surface area contributed by atoms with Crippen molar-refractivity contribution in [2.24, 2.45) is 0 Å². The van der Waals surface area contributed by atoms with Gasteiger partial charge < -0.3 is 9.84 Å². The predicted molar refractivity (Wildman–Crippen MR) is 54.4 cm³/mol. The molecule has 0 spiro atoms. The first kappa shape index (κ1) is 10.9. The second kappa shape index (κ2) is 3.88. The number of ether oxygens (including phenoxy) is 1. The normalized spacial score (nSPS) is 10.0. The third-order valence-corrected chi connectivity index (χ3v) is 2.43. The maximum Gasteiger partial charge on any atom is 0.169 e. The Morgan fingerprint density at radius 2 is 2.14 bits per heavy atom. The molecule has 0 aromatic heterocycles. The zero-order valence-corrected chi connectivity index (χ0v) is 8.97. The maximum absolute atomic E-state index is 11.2. The van der Waals surface area contributed by atoms with Gasteiger partial charge in [0.25, 0.3) is 0 Å². The van der Waals surface area contributed by atoms with Crippen molar-refractivity contribution in [2.75, 3.05) is 7.11 Å². The average Bonchev–Trinajstić information content (AvgIpc) is 2.11. The summed E-state index contributed by atoms with van der Waals surface area (Å²) >= 11 is 5.87. The second-order valence-electron chi connectivity index (χ2n) is 2.97. The van der Waals surface area contributed by atoms with Crippen LogP contribution < -0.4 is 4.74 Å². The number of methoxy groups -OCH3 is 1. The minimum atomic E-state index is -0.235. The first-order valence-electron chi connectivity index (χ1n) is 4.06. The number of phenolic OH excluding ortho intramolecular Hbond substituents is 1. The molecule has 1 aromatic rings. The number of hydrogen-bond acceptors (Lipinski definition) is 3. The minimum absolute atomic E-state index is 0.151. The van der Waals surface area contributed by atoms with Gasteiger partial charge in [-0.25, -0.2) is 0 Å². The molecule has 3 nitrogen and oxygen atoms in total. The number of benzene rings is 1. The first-order valence-corrected chi connectivity index (χ1v) is 4.43. The van der Waals surface area contributed by atoms with Crippen LogP contribution in [-0.2, 0) is 0 Å². The van der Waals surface area contributed by atoms with Crippen molar-refractivity contribution in [3.8, 4) is 11.5 Å². The smallest absolute Gasteiger partial charge is 0.169 e. The lowest BCUT2D eigenvalue weighted by atomic mass is 10.0. The zero-order valence-electron chi connectivity index (χ0n) is 8.22. The van der Waals surface area contributed by atoms with E-state index in [4.69, 9.17) is 16.3 Å². The Hall–Kier alpha value is -1.22. The Labute approximate surface area is 87.3 Å². The van der Waals surface area contributed by atoms with Crippen molar-refractivity contribution in [3.05, 3.63) is 22.2 Å². The van der Waals surface area contributed by atoms with Gasteiger partial charge in [-0.2, -0.15) is 0 Å². The van der Waals surface area contributed by atoms with Gasteiger partial charge in [0.15, 0.2) is 17.3 Å². The first-order chi connectivity index (χ1) is 6.49. The highest BCUT2D eigenvalue weighted by molar-refractivity contribution is 6.32. The van der Waals surface area contributed by atoms with Crippen LogP contribution in [0.3, 0.4) is 0 Å². The number of aromatic hydroxyl groups is 1. The Kier molecular flexibility index (Phi) is 3.01. The van der Waals surface area contributed by atoms with Crippen molar-refractivity contribution in [1.29, 1.82) is 0 Å². The number of hydrogen-bond donors (Lipinski definition) is 1. The molecule has 0 aliphatic rings. The highest BCUT2D eigenvalue weighted by Gasteiger charge is 2.17. The van der Waals surface area contributed by atoms with Crippen LogP contribution in [0.5, 0.6) is 11.5 Å². The van der Waals surface area contributed by atoms with E-state index in [1.165, 1.54) is 20.1 Å². The second-order valence-corrected chi connectivity index (χ2v) is 3.37. The van der Waals surface area contributed by atoms with Crippen LogP contribution in [0.15, 0.2) is 6.07 Å². The lowest BCUT2D eigenvalue weighted by Gasteiger charge is -2.11. The number of carbonyl (C=O) groups is 1. The number of carbonyl (C=O) groups excluding carboxylic acids is 1. The van der Waals surface area contributed by atoms with Gasteiger partial charge in [0, 0.05) is 11.1 Å². The van der Waals surface area contributed by atoms with Gasteiger partial charge in [-0.05, 0) is 19.4 Å². The number of ketones is 1. The Balaban J connectivity index is 3.53. The molecule has 0 unspecified atom stereocenters. The summed E-state index contributed by atoms with van der Waals surface area (Å²) in [6, 6.07) is 1.48. The van der Waals surface area contributed by atoms with E-state index in [0.717, 1.165) is 0 Å². The molecule has 76 valence electrons. The molecule has 14 heavy (non-hydrogen) atoms. The largest absolute Gasteiger partial charge is 0.504 e. The van der Waals surface area contributed by atoms with E-state index in [9.17, 15) is 9.90 Å². The van der Waals surface area contributed by atoms with Crippen molar-refractivity contribution >= 4 is 17.4 Å². The van der Waals surface area contributed by atoms with Crippen LogP contribution in [0.1, 0.15) is 22.8 Å². The molecule has 0 heterocycles. The van der Waals surface area contributed by atoms with Gasteiger partial charge in [0.05, 0.1) is 12.7 Å². The zero-order chi connectivity index (χ0) is 10.9. The lowest BCUT2D eigenvalue weighted by molar-refractivity contribution is 0.101. The van der Waals surface area contributed by atoms with E-state index in [0.29, 0.717) is 10.6 Å². The Morgan fingerprint density at radius 3 is 2.57 bits per heavy atom.